The molecule has 0 atom stereocenters. The van der Waals surface area contributed by atoms with Gasteiger partial charge in [0, 0.05) is 10.6 Å². The first-order chi connectivity index (χ1) is 7.97. The highest BCUT2D eigenvalue weighted by Crippen LogP contribution is 2.32. The second-order valence-corrected chi connectivity index (χ2v) is 5.67. The van der Waals surface area contributed by atoms with Crippen molar-refractivity contribution in [3.63, 3.8) is 0 Å². The molecule has 17 heavy (non-hydrogen) atoms. The minimum Gasteiger partial charge on any atom is -0.440 e. The third-order valence-electron chi connectivity index (χ3n) is 1.88. The molecule has 2 rings (SSSR count). The van der Waals surface area contributed by atoms with Crippen LogP contribution in [0, 0.1) is 0 Å². The summed E-state index contributed by atoms with van der Waals surface area (Å²) in [6.45, 7) is 0. The van der Waals surface area contributed by atoms with Gasteiger partial charge in [-0.1, -0.05) is 0 Å². The zero-order valence-electron chi connectivity index (χ0n) is 8.53. The molecule has 0 aliphatic rings. The lowest BCUT2D eigenvalue weighted by molar-refractivity contribution is 0.454. The Hall–Kier alpha value is -1.51. The second-order valence-electron chi connectivity index (χ2n) is 3.15. The highest BCUT2D eigenvalue weighted by Gasteiger charge is 2.16. The van der Waals surface area contributed by atoms with E-state index >= 15 is 0 Å². The smallest absolute Gasteiger partial charge is 0.260 e. The Kier molecular flexibility index (Phi) is 3.09. The Morgan fingerprint density at radius 3 is 2.71 bits per heavy atom. The largest absolute Gasteiger partial charge is 0.440 e. The molecule has 1 heterocycles. The van der Waals surface area contributed by atoms with Crippen molar-refractivity contribution in [1.82, 2.24) is 4.98 Å². The molecule has 0 aliphatic carbocycles. The summed E-state index contributed by atoms with van der Waals surface area (Å²) >= 11 is 1.06. The first-order valence-electron chi connectivity index (χ1n) is 4.46. The molecule has 1 aromatic carbocycles. The Bertz CT molecular complexity index is 623. The van der Waals surface area contributed by atoms with Gasteiger partial charge in [-0.15, -0.1) is 0 Å². The van der Waals surface area contributed by atoms with Crippen LogP contribution in [0.2, 0.25) is 0 Å². The van der Waals surface area contributed by atoms with Gasteiger partial charge in [-0.05, 0) is 30.0 Å². The van der Waals surface area contributed by atoms with Crippen LogP contribution in [-0.2, 0) is 10.0 Å². The van der Waals surface area contributed by atoms with Gasteiger partial charge in [0.2, 0.25) is 10.0 Å². The van der Waals surface area contributed by atoms with Crippen LogP contribution in [0.25, 0.3) is 0 Å². The third-order valence-corrected chi connectivity index (χ3v) is 3.91. The molecule has 0 aliphatic heterocycles. The minimum atomic E-state index is -3.83. The van der Waals surface area contributed by atoms with E-state index in [-0.39, 0.29) is 4.90 Å². The van der Waals surface area contributed by atoms with E-state index in [0.717, 1.165) is 11.8 Å². The fraction of sp³-hybridized carbons (Fsp3) is 0. The maximum Gasteiger partial charge on any atom is 0.260 e. The Labute approximate surface area is 102 Å². The van der Waals surface area contributed by atoms with Crippen molar-refractivity contribution >= 4 is 27.5 Å². The Morgan fingerprint density at radius 2 is 2.12 bits per heavy atom. The number of oxazole rings is 1. The molecule has 0 bridgehead atoms. The summed E-state index contributed by atoms with van der Waals surface area (Å²) < 4.78 is 27.8. The molecule has 0 radical (unpaired) electrons. The quantitative estimate of drug-likeness (QED) is 0.807. The fourth-order valence-corrected chi connectivity index (χ4v) is 3.01. The van der Waals surface area contributed by atoms with Gasteiger partial charge < -0.3 is 10.2 Å². The number of hydrogen-bond acceptors (Lipinski definition) is 6. The van der Waals surface area contributed by atoms with Gasteiger partial charge in [-0.25, -0.2) is 18.5 Å². The zero-order chi connectivity index (χ0) is 12.5. The number of anilines is 1. The Morgan fingerprint density at radius 1 is 1.35 bits per heavy atom. The lowest BCUT2D eigenvalue weighted by Crippen LogP contribution is -2.13. The normalized spacial score (nSPS) is 11.6. The molecule has 0 saturated heterocycles. The van der Waals surface area contributed by atoms with Gasteiger partial charge in [0.1, 0.15) is 6.26 Å². The first-order valence-corrected chi connectivity index (χ1v) is 6.83. The number of primary sulfonamides is 1. The summed E-state index contributed by atoms with van der Waals surface area (Å²) in [5, 5.41) is 5.44. The maximum absolute atomic E-state index is 11.4. The molecule has 6 nitrogen and oxygen atoms in total. The summed E-state index contributed by atoms with van der Waals surface area (Å²) in [6, 6.07) is 4.45. The molecule has 0 saturated carbocycles. The van der Waals surface area contributed by atoms with Crippen LogP contribution in [-0.4, -0.2) is 13.4 Å². The van der Waals surface area contributed by atoms with Crippen molar-refractivity contribution in [2.75, 3.05) is 5.73 Å². The summed E-state index contributed by atoms with van der Waals surface area (Å²) in [6.07, 6.45) is 2.87. The van der Waals surface area contributed by atoms with Crippen molar-refractivity contribution in [2.45, 2.75) is 15.0 Å². The summed E-state index contributed by atoms with van der Waals surface area (Å²) in [5.74, 6) is 0. The van der Waals surface area contributed by atoms with E-state index in [9.17, 15) is 8.42 Å². The van der Waals surface area contributed by atoms with Gasteiger partial charge in [-0.3, -0.25) is 0 Å². The van der Waals surface area contributed by atoms with Crippen LogP contribution < -0.4 is 10.9 Å². The molecule has 4 N–H and O–H groups in total. The highest BCUT2D eigenvalue weighted by molar-refractivity contribution is 8.00. The number of nitrogen functional groups attached to an aromatic ring is 1. The number of benzene rings is 1. The molecule has 0 spiro atoms. The van der Waals surface area contributed by atoms with E-state index in [2.05, 4.69) is 4.98 Å². The minimum absolute atomic E-state index is 0.0410. The van der Waals surface area contributed by atoms with Gasteiger partial charge >= 0.3 is 0 Å². The van der Waals surface area contributed by atoms with Crippen LogP contribution in [0.3, 0.4) is 0 Å². The highest BCUT2D eigenvalue weighted by atomic mass is 32.2. The van der Waals surface area contributed by atoms with Crippen molar-refractivity contribution in [3.8, 4) is 0 Å². The summed E-state index contributed by atoms with van der Waals surface area (Å²) in [4.78, 5) is 4.27. The van der Waals surface area contributed by atoms with Crippen molar-refractivity contribution in [1.29, 1.82) is 0 Å². The lowest BCUT2D eigenvalue weighted by atomic mass is 10.3. The average Bonchev–Trinajstić information content (AvgIpc) is 2.72. The summed E-state index contributed by atoms with van der Waals surface area (Å²) in [7, 11) is -3.83. The molecule has 0 fully saturated rings. The van der Waals surface area contributed by atoms with Crippen LogP contribution in [0.15, 0.2) is 50.1 Å². The van der Waals surface area contributed by atoms with E-state index in [1.165, 1.54) is 18.5 Å². The molecule has 1 aromatic heterocycles. The van der Waals surface area contributed by atoms with E-state index in [1.807, 2.05) is 0 Å². The molecular formula is C9H9N3O3S2. The topological polar surface area (TPSA) is 112 Å². The van der Waals surface area contributed by atoms with E-state index in [1.54, 1.807) is 12.1 Å². The van der Waals surface area contributed by atoms with Gasteiger partial charge in [0.05, 0.1) is 11.1 Å². The SMILES string of the molecule is Nc1ccc(Sc2ncco2)c(S(N)(=O)=O)c1. The lowest BCUT2D eigenvalue weighted by Gasteiger charge is -2.06. The number of rotatable bonds is 3. The van der Waals surface area contributed by atoms with Gasteiger partial charge in [0.15, 0.2) is 0 Å². The first kappa shape index (κ1) is 12.0. The van der Waals surface area contributed by atoms with Crippen molar-refractivity contribution < 1.29 is 12.8 Å². The predicted molar refractivity (Wildman–Crippen MR) is 62.9 cm³/mol. The van der Waals surface area contributed by atoms with Crippen molar-refractivity contribution in [2.24, 2.45) is 5.14 Å². The van der Waals surface area contributed by atoms with Crippen LogP contribution in [0.4, 0.5) is 5.69 Å². The van der Waals surface area contributed by atoms with Crippen LogP contribution >= 0.6 is 11.8 Å². The van der Waals surface area contributed by atoms with E-state index in [0.29, 0.717) is 15.8 Å². The van der Waals surface area contributed by atoms with Crippen molar-refractivity contribution in [3.05, 3.63) is 30.7 Å². The molecular weight excluding hydrogens is 262 g/mol. The van der Waals surface area contributed by atoms with Crippen LogP contribution in [0.5, 0.6) is 0 Å². The fourth-order valence-electron chi connectivity index (χ4n) is 1.19. The second kappa shape index (κ2) is 4.40. The number of hydrogen-bond donors (Lipinski definition) is 2. The third kappa shape index (κ3) is 2.78. The number of aromatic nitrogens is 1. The maximum atomic E-state index is 11.4. The molecule has 2 aromatic rings. The van der Waals surface area contributed by atoms with E-state index < -0.39 is 10.0 Å². The van der Waals surface area contributed by atoms with Gasteiger partial charge in [-0.2, -0.15) is 0 Å². The van der Waals surface area contributed by atoms with Gasteiger partial charge in [0.25, 0.3) is 5.22 Å². The molecule has 90 valence electrons. The van der Waals surface area contributed by atoms with E-state index in [4.69, 9.17) is 15.3 Å². The Balaban J connectivity index is 2.47. The number of nitrogens with two attached hydrogens (primary N) is 2. The molecule has 0 unspecified atom stereocenters. The average molecular weight is 271 g/mol. The number of sulfonamides is 1. The zero-order valence-corrected chi connectivity index (χ0v) is 10.2. The molecule has 8 heteroatoms. The number of nitrogens with zero attached hydrogens (tertiary/aromatic N) is 1. The standard InChI is InChI=1S/C9H9N3O3S2/c10-6-1-2-7(8(5-6)17(11,13)14)16-9-12-3-4-15-9/h1-5H,10H2,(H2,11,13,14). The monoisotopic (exact) mass is 271 g/mol. The molecule has 0 amide bonds. The predicted octanol–water partition coefficient (Wildman–Crippen LogP) is 1.06. The summed E-state index contributed by atoms with van der Waals surface area (Å²) in [5.41, 5.74) is 5.85. The van der Waals surface area contributed by atoms with Crippen LogP contribution in [0.1, 0.15) is 0 Å².